The first-order valence-corrected chi connectivity index (χ1v) is 7.54. The fourth-order valence-electron chi connectivity index (χ4n) is 2.83. The van der Waals surface area contributed by atoms with Crippen LogP contribution in [0.1, 0.15) is 23.5 Å². The molecule has 2 nitrogen and oxygen atoms in total. The van der Waals surface area contributed by atoms with Crippen molar-refractivity contribution in [2.45, 2.75) is 18.8 Å². The zero-order valence-corrected chi connectivity index (χ0v) is 12.9. The number of carbonyl (C=O) groups is 1. The third kappa shape index (κ3) is 2.50. The van der Waals surface area contributed by atoms with E-state index in [0.717, 1.165) is 16.6 Å². The van der Waals surface area contributed by atoms with Crippen LogP contribution in [0.5, 0.6) is 0 Å². The number of rotatable bonds is 2. The molecule has 1 aliphatic rings. The smallest absolute Gasteiger partial charge is 0.227 e. The summed E-state index contributed by atoms with van der Waals surface area (Å²) in [6.45, 7) is 0. The van der Waals surface area contributed by atoms with Crippen LogP contribution in [0.3, 0.4) is 0 Å². The molecular formula is C17H16BrNO. The molecule has 1 unspecified atom stereocenters. The summed E-state index contributed by atoms with van der Waals surface area (Å²) >= 11 is 3.53. The molecule has 0 bridgehead atoms. The molecule has 0 spiro atoms. The molecule has 2 aromatic carbocycles. The summed E-state index contributed by atoms with van der Waals surface area (Å²) in [5, 5.41) is 0. The van der Waals surface area contributed by atoms with Crippen molar-refractivity contribution >= 4 is 27.5 Å². The summed E-state index contributed by atoms with van der Waals surface area (Å²) in [5.41, 5.74) is 3.57. The van der Waals surface area contributed by atoms with E-state index in [1.165, 1.54) is 11.1 Å². The molecule has 3 rings (SSSR count). The summed E-state index contributed by atoms with van der Waals surface area (Å²) < 4.78 is 1.07. The molecule has 2 aromatic rings. The van der Waals surface area contributed by atoms with Crippen molar-refractivity contribution in [3.05, 3.63) is 64.1 Å². The minimum absolute atomic E-state index is 0.195. The minimum Gasteiger partial charge on any atom is -0.315 e. The molecule has 0 saturated carbocycles. The van der Waals surface area contributed by atoms with Crippen molar-refractivity contribution in [3.63, 3.8) is 0 Å². The van der Waals surface area contributed by atoms with Gasteiger partial charge in [-0.1, -0.05) is 46.3 Å². The quantitative estimate of drug-likeness (QED) is 0.810. The highest BCUT2D eigenvalue weighted by Gasteiger charge is 2.29. The topological polar surface area (TPSA) is 20.3 Å². The molecule has 0 fully saturated rings. The van der Waals surface area contributed by atoms with E-state index < -0.39 is 0 Å². The largest absolute Gasteiger partial charge is 0.315 e. The van der Waals surface area contributed by atoms with Gasteiger partial charge in [0.1, 0.15) is 0 Å². The van der Waals surface area contributed by atoms with Crippen LogP contribution in [0.4, 0.5) is 5.69 Å². The summed E-state index contributed by atoms with van der Waals surface area (Å²) in [7, 11) is 1.85. The number of fused-ring (bicyclic) bond motifs is 1. The molecule has 1 amide bonds. The van der Waals surface area contributed by atoms with E-state index in [1.54, 1.807) is 4.90 Å². The highest BCUT2D eigenvalue weighted by molar-refractivity contribution is 9.10. The average Bonchev–Trinajstić information content (AvgIpc) is 2.45. The number of halogens is 1. The van der Waals surface area contributed by atoms with Crippen LogP contribution in [-0.2, 0) is 11.2 Å². The minimum atomic E-state index is 0.195. The summed E-state index contributed by atoms with van der Waals surface area (Å²) in [6.07, 6.45) is 1.48. The Morgan fingerprint density at radius 3 is 2.70 bits per heavy atom. The van der Waals surface area contributed by atoms with Crippen LogP contribution in [-0.4, -0.2) is 13.0 Å². The second-order valence-corrected chi connectivity index (χ2v) is 6.16. The zero-order valence-electron chi connectivity index (χ0n) is 11.3. The highest BCUT2D eigenvalue weighted by atomic mass is 79.9. The maximum atomic E-state index is 12.2. The van der Waals surface area contributed by atoms with Gasteiger partial charge in [0.2, 0.25) is 5.91 Å². The number of hydrogen-bond acceptors (Lipinski definition) is 1. The third-order valence-electron chi connectivity index (χ3n) is 3.91. The Kier molecular flexibility index (Phi) is 3.62. The molecule has 1 atom stereocenters. The zero-order chi connectivity index (χ0) is 14.1. The fourth-order valence-corrected chi connectivity index (χ4v) is 3.21. The molecule has 3 heteroatoms. The molecule has 0 saturated heterocycles. The lowest BCUT2D eigenvalue weighted by Crippen LogP contribution is -2.33. The summed E-state index contributed by atoms with van der Waals surface area (Å²) in [4.78, 5) is 13.9. The Bertz CT molecular complexity index is 639. The van der Waals surface area contributed by atoms with Crippen LogP contribution in [0.25, 0.3) is 0 Å². The van der Waals surface area contributed by atoms with E-state index in [0.29, 0.717) is 6.42 Å². The molecule has 0 aliphatic carbocycles. The number of hydrogen-bond donors (Lipinski definition) is 0. The van der Waals surface area contributed by atoms with Gasteiger partial charge in [-0.05, 0) is 41.7 Å². The highest BCUT2D eigenvalue weighted by Crippen LogP contribution is 2.38. The predicted molar refractivity (Wildman–Crippen MR) is 85.1 cm³/mol. The van der Waals surface area contributed by atoms with E-state index in [4.69, 9.17) is 0 Å². The van der Waals surface area contributed by atoms with Crippen LogP contribution < -0.4 is 4.90 Å². The van der Waals surface area contributed by atoms with Crippen LogP contribution in [0.15, 0.2) is 53.0 Å². The SMILES string of the molecule is CN1C(=O)CC(Cc2ccccc2)c2cc(Br)ccc21. The number of nitrogens with zero attached hydrogens (tertiary/aromatic N) is 1. The number of benzene rings is 2. The Morgan fingerprint density at radius 2 is 1.95 bits per heavy atom. The maximum absolute atomic E-state index is 12.2. The molecule has 1 heterocycles. The second kappa shape index (κ2) is 5.41. The van der Waals surface area contributed by atoms with Gasteiger partial charge < -0.3 is 4.90 Å². The van der Waals surface area contributed by atoms with Crippen molar-refractivity contribution in [3.8, 4) is 0 Å². The van der Waals surface area contributed by atoms with Gasteiger partial charge in [-0.2, -0.15) is 0 Å². The molecular weight excluding hydrogens is 314 g/mol. The summed E-state index contributed by atoms with van der Waals surface area (Å²) in [5.74, 6) is 0.453. The van der Waals surface area contributed by atoms with Crippen molar-refractivity contribution in [2.24, 2.45) is 0 Å². The molecule has 0 N–H and O–H groups in total. The van der Waals surface area contributed by atoms with Gasteiger partial charge in [0.15, 0.2) is 0 Å². The van der Waals surface area contributed by atoms with Crippen LogP contribution >= 0.6 is 15.9 Å². The van der Waals surface area contributed by atoms with Gasteiger partial charge in [-0.3, -0.25) is 4.79 Å². The lowest BCUT2D eigenvalue weighted by Gasteiger charge is -2.32. The first kappa shape index (κ1) is 13.4. The third-order valence-corrected chi connectivity index (χ3v) is 4.40. The molecule has 0 aromatic heterocycles. The molecule has 20 heavy (non-hydrogen) atoms. The molecule has 1 aliphatic heterocycles. The van der Waals surface area contributed by atoms with Gasteiger partial charge in [-0.25, -0.2) is 0 Å². The molecule has 102 valence electrons. The monoisotopic (exact) mass is 329 g/mol. The normalized spacial score (nSPS) is 18.0. The standard InChI is InChI=1S/C17H16BrNO/c1-19-16-8-7-14(18)11-15(16)13(10-17(19)20)9-12-5-3-2-4-6-12/h2-8,11,13H,9-10H2,1H3. The van der Waals surface area contributed by atoms with E-state index in [2.05, 4.69) is 34.1 Å². The Morgan fingerprint density at radius 1 is 1.20 bits per heavy atom. The van der Waals surface area contributed by atoms with Gasteiger partial charge >= 0.3 is 0 Å². The van der Waals surface area contributed by atoms with Gasteiger partial charge in [0, 0.05) is 23.6 Å². The van der Waals surface area contributed by atoms with Crippen LogP contribution in [0.2, 0.25) is 0 Å². The number of anilines is 1. The second-order valence-electron chi connectivity index (χ2n) is 5.25. The van der Waals surface area contributed by atoms with Crippen molar-refractivity contribution < 1.29 is 4.79 Å². The maximum Gasteiger partial charge on any atom is 0.227 e. The Hall–Kier alpha value is -1.61. The van der Waals surface area contributed by atoms with Crippen molar-refractivity contribution in [2.75, 3.05) is 11.9 Å². The van der Waals surface area contributed by atoms with Gasteiger partial charge in [-0.15, -0.1) is 0 Å². The summed E-state index contributed by atoms with van der Waals surface area (Å²) in [6, 6.07) is 16.5. The average molecular weight is 330 g/mol. The van der Waals surface area contributed by atoms with Crippen LogP contribution in [0, 0.1) is 0 Å². The number of carbonyl (C=O) groups excluding carboxylic acids is 1. The lowest BCUT2D eigenvalue weighted by molar-refractivity contribution is -0.119. The number of amides is 1. The van der Waals surface area contributed by atoms with Gasteiger partial charge in [0.25, 0.3) is 0 Å². The Labute approximate surface area is 127 Å². The predicted octanol–water partition coefficient (Wildman–Crippen LogP) is 4.14. The fraction of sp³-hybridized carbons (Fsp3) is 0.235. The molecule has 0 radical (unpaired) electrons. The first-order chi connectivity index (χ1) is 9.65. The van der Waals surface area contributed by atoms with E-state index in [1.807, 2.05) is 37.4 Å². The first-order valence-electron chi connectivity index (χ1n) is 6.75. The van der Waals surface area contributed by atoms with Crippen molar-refractivity contribution in [1.29, 1.82) is 0 Å². The van der Waals surface area contributed by atoms with E-state index in [-0.39, 0.29) is 11.8 Å². The Balaban J connectivity index is 1.98. The van der Waals surface area contributed by atoms with E-state index >= 15 is 0 Å². The lowest BCUT2D eigenvalue weighted by atomic mass is 9.85. The van der Waals surface area contributed by atoms with Gasteiger partial charge in [0.05, 0.1) is 0 Å². The van der Waals surface area contributed by atoms with E-state index in [9.17, 15) is 4.79 Å². The van der Waals surface area contributed by atoms with Crippen molar-refractivity contribution in [1.82, 2.24) is 0 Å².